The first-order valence-electron chi connectivity index (χ1n) is 5.44. The van der Waals surface area contributed by atoms with Crippen molar-refractivity contribution in [3.8, 4) is 0 Å². The van der Waals surface area contributed by atoms with Gasteiger partial charge in [0.1, 0.15) is 5.78 Å². The van der Waals surface area contributed by atoms with Gasteiger partial charge in [0.2, 0.25) is 0 Å². The molecular formula is C12H18O4. The van der Waals surface area contributed by atoms with E-state index in [1.807, 2.05) is 6.08 Å². The SMILES string of the molecule is CC(C)(O)CC(=O)C1CC=CC[C@@H]1C(=O)O. The highest BCUT2D eigenvalue weighted by molar-refractivity contribution is 5.87. The summed E-state index contributed by atoms with van der Waals surface area (Å²) in [5, 5.41) is 18.6. The number of hydrogen-bond donors (Lipinski definition) is 2. The number of rotatable bonds is 4. The molecule has 4 nitrogen and oxygen atoms in total. The highest BCUT2D eigenvalue weighted by atomic mass is 16.4. The van der Waals surface area contributed by atoms with Gasteiger partial charge in [-0.2, -0.15) is 0 Å². The number of aliphatic hydroxyl groups is 1. The molecule has 2 atom stereocenters. The molecule has 0 aromatic rings. The molecule has 2 N–H and O–H groups in total. The number of carbonyl (C=O) groups is 2. The highest BCUT2D eigenvalue weighted by Gasteiger charge is 2.35. The zero-order valence-corrected chi connectivity index (χ0v) is 9.64. The number of carboxylic acids is 1. The average Bonchev–Trinajstić information content (AvgIpc) is 2.15. The van der Waals surface area contributed by atoms with Gasteiger partial charge in [0, 0.05) is 12.3 Å². The summed E-state index contributed by atoms with van der Waals surface area (Å²) in [5.74, 6) is -2.23. The third-order valence-corrected chi connectivity index (χ3v) is 2.77. The third-order valence-electron chi connectivity index (χ3n) is 2.77. The van der Waals surface area contributed by atoms with E-state index in [2.05, 4.69) is 0 Å². The quantitative estimate of drug-likeness (QED) is 0.710. The largest absolute Gasteiger partial charge is 0.481 e. The molecule has 0 aliphatic heterocycles. The molecule has 0 saturated heterocycles. The van der Waals surface area contributed by atoms with Gasteiger partial charge in [0.25, 0.3) is 0 Å². The van der Waals surface area contributed by atoms with Crippen molar-refractivity contribution in [1.82, 2.24) is 0 Å². The lowest BCUT2D eigenvalue weighted by molar-refractivity contribution is -0.147. The van der Waals surface area contributed by atoms with Crippen LogP contribution < -0.4 is 0 Å². The summed E-state index contributed by atoms with van der Waals surface area (Å²) >= 11 is 0. The maximum absolute atomic E-state index is 11.9. The first-order valence-corrected chi connectivity index (χ1v) is 5.44. The van der Waals surface area contributed by atoms with Crippen molar-refractivity contribution in [3.63, 3.8) is 0 Å². The molecule has 4 heteroatoms. The number of allylic oxidation sites excluding steroid dienone is 2. The zero-order valence-electron chi connectivity index (χ0n) is 9.64. The fourth-order valence-corrected chi connectivity index (χ4v) is 2.00. The molecule has 0 aromatic heterocycles. The molecule has 90 valence electrons. The van der Waals surface area contributed by atoms with Crippen molar-refractivity contribution < 1.29 is 19.8 Å². The molecule has 0 fully saturated rings. The molecular weight excluding hydrogens is 208 g/mol. The monoisotopic (exact) mass is 226 g/mol. The fourth-order valence-electron chi connectivity index (χ4n) is 2.00. The predicted molar refractivity (Wildman–Crippen MR) is 58.9 cm³/mol. The number of aliphatic carboxylic acids is 1. The summed E-state index contributed by atoms with van der Waals surface area (Å²) < 4.78 is 0. The van der Waals surface area contributed by atoms with Gasteiger partial charge in [-0.25, -0.2) is 0 Å². The Bertz CT molecular complexity index is 311. The number of carboxylic acid groups (broad SMARTS) is 1. The van der Waals surface area contributed by atoms with E-state index in [1.54, 1.807) is 19.9 Å². The second kappa shape index (κ2) is 4.78. The van der Waals surface area contributed by atoms with Crippen LogP contribution in [0.25, 0.3) is 0 Å². The molecule has 1 unspecified atom stereocenters. The summed E-state index contributed by atoms with van der Waals surface area (Å²) in [6.45, 7) is 3.11. The van der Waals surface area contributed by atoms with E-state index < -0.39 is 23.4 Å². The van der Waals surface area contributed by atoms with Crippen LogP contribution in [0.4, 0.5) is 0 Å². The maximum atomic E-state index is 11.9. The van der Waals surface area contributed by atoms with Crippen molar-refractivity contribution in [1.29, 1.82) is 0 Å². The second-order valence-corrected chi connectivity index (χ2v) is 4.95. The van der Waals surface area contributed by atoms with Gasteiger partial charge in [-0.1, -0.05) is 12.2 Å². The Kier molecular flexibility index (Phi) is 3.86. The van der Waals surface area contributed by atoms with Crippen molar-refractivity contribution in [3.05, 3.63) is 12.2 Å². The number of carbonyl (C=O) groups excluding carboxylic acids is 1. The Balaban J connectivity index is 2.73. The minimum Gasteiger partial charge on any atom is -0.481 e. The third kappa shape index (κ3) is 3.45. The fraction of sp³-hybridized carbons (Fsp3) is 0.667. The lowest BCUT2D eigenvalue weighted by atomic mass is 9.78. The van der Waals surface area contributed by atoms with Gasteiger partial charge in [-0.05, 0) is 26.7 Å². The van der Waals surface area contributed by atoms with Crippen LogP contribution in [0.2, 0.25) is 0 Å². The minimum atomic E-state index is -1.07. The van der Waals surface area contributed by atoms with Crippen LogP contribution >= 0.6 is 0 Å². The molecule has 0 heterocycles. The van der Waals surface area contributed by atoms with E-state index in [1.165, 1.54) is 0 Å². The normalized spacial score (nSPS) is 25.4. The van der Waals surface area contributed by atoms with E-state index in [0.717, 1.165) is 0 Å². The maximum Gasteiger partial charge on any atom is 0.307 e. The van der Waals surface area contributed by atoms with Crippen molar-refractivity contribution >= 4 is 11.8 Å². The molecule has 1 aliphatic rings. The van der Waals surface area contributed by atoms with E-state index >= 15 is 0 Å². The Labute approximate surface area is 95.0 Å². The van der Waals surface area contributed by atoms with Gasteiger partial charge in [0.15, 0.2) is 0 Å². The van der Waals surface area contributed by atoms with Crippen molar-refractivity contribution in [2.24, 2.45) is 11.8 Å². The summed E-state index contributed by atoms with van der Waals surface area (Å²) in [6, 6.07) is 0. The summed E-state index contributed by atoms with van der Waals surface area (Å²) in [4.78, 5) is 22.9. The Hall–Kier alpha value is -1.16. The van der Waals surface area contributed by atoms with Gasteiger partial charge in [0.05, 0.1) is 11.5 Å². The summed E-state index contributed by atoms with van der Waals surface area (Å²) in [5.41, 5.74) is -1.07. The highest BCUT2D eigenvalue weighted by Crippen LogP contribution is 2.29. The van der Waals surface area contributed by atoms with Gasteiger partial charge in [-0.15, -0.1) is 0 Å². The molecule has 16 heavy (non-hydrogen) atoms. The first-order chi connectivity index (χ1) is 7.31. The lowest BCUT2D eigenvalue weighted by Crippen LogP contribution is -2.35. The number of ketones is 1. The van der Waals surface area contributed by atoms with Crippen molar-refractivity contribution in [2.45, 2.75) is 38.7 Å². The number of Topliss-reactive ketones (excluding diaryl/α,β-unsaturated/α-hetero) is 1. The lowest BCUT2D eigenvalue weighted by Gasteiger charge is -2.26. The average molecular weight is 226 g/mol. The van der Waals surface area contributed by atoms with Crippen LogP contribution in [-0.4, -0.2) is 27.6 Å². The predicted octanol–water partition coefficient (Wildman–Crippen LogP) is 1.38. The molecule has 0 radical (unpaired) electrons. The van der Waals surface area contributed by atoms with Crippen LogP contribution in [0.3, 0.4) is 0 Å². The van der Waals surface area contributed by atoms with Crippen LogP contribution in [0.15, 0.2) is 12.2 Å². The second-order valence-electron chi connectivity index (χ2n) is 4.95. The first kappa shape index (κ1) is 12.9. The molecule has 0 bridgehead atoms. The van der Waals surface area contributed by atoms with Crippen LogP contribution in [0.1, 0.15) is 33.1 Å². The molecule has 0 saturated carbocycles. The molecule has 0 amide bonds. The van der Waals surface area contributed by atoms with Gasteiger partial charge in [-0.3, -0.25) is 9.59 Å². The summed E-state index contributed by atoms with van der Waals surface area (Å²) in [6.07, 6.45) is 4.51. The van der Waals surface area contributed by atoms with E-state index in [-0.39, 0.29) is 12.2 Å². The zero-order chi connectivity index (χ0) is 12.3. The van der Waals surface area contributed by atoms with Crippen LogP contribution in [0.5, 0.6) is 0 Å². The molecule has 1 rings (SSSR count). The Morgan fingerprint density at radius 1 is 1.25 bits per heavy atom. The minimum absolute atomic E-state index is 0.00921. The molecule has 1 aliphatic carbocycles. The topological polar surface area (TPSA) is 74.6 Å². The van der Waals surface area contributed by atoms with Crippen LogP contribution in [-0.2, 0) is 9.59 Å². The standard InChI is InChI=1S/C12H18O4/c1-12(2,16)7-10(13)8-5-3-4-6-9(8)11(14)15/h3-4,8-9,16H,5-7H2,1-2H3,(H,14,15)/t8?,9-/m0/s1. The van der Waals surface area contributed by atoms with Crippen molar-refractivity contribution in [2.75, 3.05) is 0 Å². The smallest absolute Gasteiger partial charge is 0.307 e. The van der Waals surface area contributed by atoms with Gasteiger partial charge >= 0.3 is 5.97 Å². The molecule has 0 spiro atoms. The Morgan fingerprint density at radius 2 is 1.75 bits per heavy atom. The Morgan fingerprint density at radius 3 is 2.19 bits per heavy atom. The molecule has 0 aromatic carbocycles. The van der Waals surface area contributed by atoms with Gasteiger partial charge < -0.3 is 10.2 Å². The van der Waals surface area contributed by atoms with Crippen LogP contribution in [0, 0.1) is 11.8 Å². The van der Waals surface area contributed by atoms with E-state index in [9.17, 15) is 14.7 Å². The van der Waals surface area contributed by atoms with E-state index in [4.69, 9.17) is 5.11 Å². The summed E-state index contributed by atoms with van der Waals surface area (Å²) in [7, 11) is 0. The number of hydrogen-bond acceptors (Lipinski definition) is 3. The van der Waals surface area contributed by atoms with E-state index in [0.29, 0.717) is 12.8 Å².